The maximum absolute atomic E-state index is 14.5. The molecule has 3 aromatic rings. The lowest BCUT2D eigenvalue weighted by Gasteiger charge is -2.12. The molecule has 0 aliphatic heterocycles. The Bertz CT molecular complexity index is 929. The van der Waals surface area contributed by atoms with Gasteiger partial charge in [0.25, 0.3) is 0 Å². The number of benzene rings is 2. The van der Waals surface area contributed by atoms with Crippen molar-refractivity contribution < 1.29 is 23.4 Å². The van der Waals surface area contributed by atoms with Gasteiger partial charge in [-0.25, -0.2) is 8.78 Å². The second kappa shape index (κ2) is 5.60. The van der Waals surface area contributed by atoms with E-state index < -0.39 is 22.9 Å². The molecule has 0 aliphatic rings. The largest absolute Gasteiger partial charge is 0.505 e. The molecule has 0 fully saturated rings. The molecule has 0 saturated carbocycles. The molecule has 0 atom stereocenters. The molecule has 0 saturated heterocycles. The number of hydrogen-bond acceptors (Lipinski definition) is 5. The van der Waals surface area contributed by atoms with Gasteiger partial charge in [-0.05, 0) is 6.07 Å². The van der Waals surface area contributed by atoms with Crippen molar-refractivity contribution in [3.63, 3.8) is 0 Å². The van der Waals surface area contributed by atoms with E-state index in [0.717, 1.165) is 6.07 Å². The molecule has 1 heterocycles. The van der Waals surface area contributed by atoms with E-state index >= 15 is 0 Å². The Kier molecular flexibility index (Phi) is 3.61. The molecule has 23 heavy (non-hydrogen) atoms. The van der Waals surface area contributed by atoms with E-state index in [0.29, 0.717) is 6.29 Å². The molecule has 0 aliphatic carbocycles. The van der Waals surface area contributed by atoms with Gasteiger partial charge in [0.1, 0.15) is 0 Å². The third-order valence-electron chi connectivity index (χ3n) is 3.42. The first kappa shape index (κ1) is 14.8. The highest BCUT2D eigenvalue weighted by Gasteiger charge is 2.23. The number of phenols is 1. The number of ether oxygens (including phenoxy) is 1. The minimum Gasteiger partial charge on any atom is -0.505 e. The Morgan fingerprint density at radius 3 is 2.48 bits per heavy atom. The Labute approximate surface area is 129 Å². The highest BCUT2D eigenvalue weighted by molar-refractivity contribution is 6.01. The SMILES string of the molecule is COc1cc(O)c(F)c(-c2ccc(C=O)c3nccnc23)c1F. The number of aromatic hydroxyl groups is 1. The fourth-order valence-electron chi connectivity index (χ4n) is 2.36. The van der Waals surface area contributed by atoms with E-state index in [1.165, 1.54) is 31.6 Å². The summed E-state index contributed by atoms with van der Waals surface area (Å²) in [6.45, 7) is 0. The van der Waals surface area contributed by atoms with Crippen LogP contribution in [0.2, 0.25) is 0 Å². The maximum Gasteiger partial charge on any atom is 0.176 e. The zero-order valence-corrected chi connectivity index (χ0v) is 11.9. The lowest BCUT2D eigenvalue weighted by molar-refractivity contribution is 0.112. The van der Waals surface area contributed by atoms with Gasteiger partial charge >= 0.3 is 0 Å². The predicted octanol–water partition coefficient (Wildman–Crippen LogP) is 3.10. The standard InChI is InChI=1S/C16H10F2N2O3/c1-23-11-6-10(22)13(17)12(14(11)18)9-3-2-8(7-21)15-16(9)20-5-4-19-15/h2-7,22H,1H3. The van der Waals surface area contributed by atoms with Crippen molar-refractivity contribution in [3.05, 3.63) is 47.8 Å². The first-order valence-corrected chi connectivity index (χ1v) is 6.52. The Morgan fingerprint density at radius 2 is 1.83 bits per heavy atom. The summed E-state index contributed by atoms with van der Waals surface area (Å²) in [7, 11) is 1.20. The lowest BCUT2D eigenvalue weighted by Crippen LogP contribution is -1.99. The average Bonchev–Trinajstić information content (AvgIpc) is 2.58. The van der Waals surface area contributed by atoms with Crippen LogP contribution in [0, 0.1) is 11.6 Å². The fourth-order valence-corrected chi connectivity index (χ4v) is 2.36. The molecule has 116 valence electrons. The van der Waals surface area contributed by atoms with E-state index in [4.69, 9.17) is 4.74 Å². The minimum absolute atomic E-state index is 0.0582. The molecule has 3 rings (SSSR count). The average molecular weight is 316 g/mol. The number of aromatic nitrogens is 2. The van der Waals surface area contributed by atoms with Crippen molar-refractivity contribution in [3.8, 4) is 22.6 Å². The molecule has 0 radical (unpaired) electrons. The molecule has 2 aromatic carbocycles. The monoisotopic (exact) mass is 316 g/mol. The first-order chi connectivity index (χ1) is 11.1. The number of rotatable bonds is 3. The van der Waals surface area contributed by atoms with E-state index in [1.807, 2.05) is 0 Å². The van der Waals surface area contributed by atoms with Crippen LogP contribution in [0.1, 0.15) is 10.4 Å². The summed E-state index contributed by atoms with van der Waals surface area (Å²) >= 11 is 0. The van der Waals surface area contributed by atoms with Gasteiger partial charge in [-0.15, -0.1) is 0 Å². The van der Waals surface area contributed by atoms with Crippen LogP contribution in [0.15, 0.2) is 30.6 Å². The number of halogens is 2. The molecule has 5 nitrogen and oxygen atoms in total. The number of nitrogens with zero attached hydrogens (tertiary/aromatic N) is 2. The summed E-state index contributed by atoms with van der Waals surface area (Å²) in [5.41, 5.74) is 0.154. The van der Waals surface area contributed by atoms with Crippen LogP contribution in [-0.2, 0) is 0 Å². The minimum atomic E-state index is -1.14. The van der Waals surface area contributed by atoms with Gasteiger partial charge in [0.15, 0.2) is 29.4 Å². The molecule has 0 amide bonds. The Hall–Kier alpha value is -3.09. The first-order valence-electron chi connectivity index (χ1n) is 6.52. The van der Waals surface area contributed by atoms with E-state index in [2.05, 4.69) is 9.97 Å². The molecule has 0 bridgehead atoms. The quantitative estimate of drug-likeness (QED) is 0.752. The number of carbonyl (C=O) groups is 1. The zero-order valence-electron chi connectivity index (χ0n) is 11.9. The fraction of sp³-hybridized carbons (Fsp3) is 0.0625. The van der Waals surface area contributed by atoms with Crippen molar-refractivity contribution in [2.75, 3.05) is 7.11 Å². The maximum atomic E-state index is 14.5. The summed E-state index contributed by atoms with van der Waals surface area (Å²) < 4.78 is 33.6. The molecular formula is C16H10F2N2O3. The third-order valence-corrected chi connectivity index (χ3v) is 3.42. The number of aldehydes is 1. The van der Waals surface area contributed by atoms with Crippen LogP contribution in [-0.4, -0.2) is 28.5 Å². The van der Waals surface area contributed by atoms with Crippen LogP contribution >= 0.6 is 0 Å². The van der Waals surface area contributed by atoms with Crippen molar-refractivity contribution in [2.45, 2.75) is 0 Å². The Morgan fingerprint density at radius 1 is 1.13 bits per heavy atom. The van der Waals surface area contributed by atoms with E-state index in [9.17, 15) is 18.7 Å². The smallest absolute Gasteiger partial charge is 0.176 e. The Balaban J connectivity index is 2.43. The third kappa shape index (κ3) is 2.26. The number of hydrogen-bond donors (Lipinski definition) is 1. The van der Waals surface area contributed by atoms with E-state index in [1.54, 1.807) is 0 Å². The van der Waals surface area contributed by atoms with Crippen molar-refractivity contribution >= 4 is 17.3 Å². The topological polar surface area (TPSA) is 72.3 Å². The molecule has 7 heteroatoms. The number of fused-ring (bicyclic) bond motifs is 1. The second-order valence-electron chi connectivity index (χ2n) is 4.67. The zero-order chi connectivity index (χ0) is 16.6. The molecule has 0 spiro atoms. The van der Waals surface area contributed by atoms with Gasteiger partial charge in [-0.3, -0.25) is 14.8 Å². The van der Waals surface area contributed by atoms with Crippen molar-refractivity contribution in [1.82, 2.24) is 9.97 Å². The molecule has 1 N–H and O–H groups in total. The van der Waals surface area contributed by atoms with Crippen LogP contribution in [0.5, 0.6) is 11.5 Å². The van der Waals surface area contributed by atoms with Crippen molar-refractivity contribution in [1.29, 1.82) is 0 Å². The highest BCUT2D eigenvalue weighted by atomic mass is 19.1. The summed E-state index contributed by atoms with van der Waals surface area (Å²) in [5.74, 6) is -3.19. The highest BCUT2D eigenvalue weighted by Crippen LogP contribution is 2.39. The normalized spacial score (nSPS) is 10.7. The van der Waals surface area contributed by atoms with Crippen molar-refractivity contribution in [2.24, 2.45) is 0 Å². The van der Waals surface area contributed by atoms with Gasteiger partial charge < -0.3 is 9.84 Å². The molecular weight excluding hydrogens is 306 g/mol. The van der Waals surface area contributed by atoms with Crippen LogP contribution in [0.3, 0.4) is 0 Å². The summed E-state index contributed by atoms with van der Waals surface area (Å²) in [6.07, 6.45) is 3.29. The van der Waals surface area contributed by atoms with Crippen LogP contribution in [0.25, 0.3) is 22.2 Å². The van der Waals surface area contributed by atoms with Gasteiger partial charge in [0, 0.05) is 29.6 Å². The van der Waals surface area contributed by atoms with Gasteiger partial charge in [0.2, 0.25) is 0 Å². The van der Waals surface area contributed by atoms with Crippen LogP contribution < -0.4 is 4.74 Å². The van der Waals surface area contributed by atoms with E-state index in [-0.39, 0.29) is 27.9 Å². The number of methoxy groups -OCH3 is 1. The van der Waals surface area contributed by atoms with Gasteiger partial charge in [-0.2, -0.15) is 0 Å². The number of carbonyl (C=O) groups excluding carboxylic acids is 1. The second-order valence-corrected chi connectivity index (χ2v) is 4.67. The lowest BCUT2D eigenvalue weighted by atomic mass is 9.99. The summed E-state index contributed by atoms with van der Waals surface area (Å²) in [5, 5.41) is 9.66. The summed E-state index contributed by atoms with van der Waals surface area (Å²) in [4.78, 5) is 19.2. The van der Waals surface area contributed by atoms with Gasteiger partial charge in [-0.1, -0.05) is 6.07 Å². The predicted molar refractivity (Wildman–Crippen MR) is 78.5 cm³/mol. The van der Waals surface area contributed by atoms with Crippen LogP contribution in [0.4, 0.5) is 8.78 Å². The molecule has 0 unspecified atom stereocenters. The molecule has 1 aromatic heterocycles. The van der Waals surface area contributed by atoms with Gasteiger partial charge in [0.05, 0.1) is 23.7 Å². The number of phenolic OH excluding ortho intramolecular Hbond substituents is 1. The summed E-state index contributed by atoms with van der Waals surface area (Å²) in [6, 6.07) is 3.58.